The summed E-state index contributed by atoms with van der Waals surface area (Å²) >= 11 is 0. The number of benzene rings is 1. The highest BCUT2D eigenvalue weighted by Crippen LogP contribution is 2.23. The zero-order valence-electron chi connectivity index (χ0n) is 18.7. The van der Waals surface area contributed by atoms with Gasteiger partial charge in [0, 0.05) is 11.4 Å². The smallest absolute Gasteiger partial charge is 0.242 e. The van der Waals surface area contributed by atoms with Gasteiger partial charge in [-0.25, -0.2) is 18.1 Å². The predicted molar refractivity (Wildman–Crippen MR) is 121 cm³/mol. The van der Waals surface area contributed by atoms with Crippen LogP contribution in [0, 0.1) is 0 Å². The first-order chi connectivity index (χ1) is 14.4. The number of carbonyl (C=O) groups excluding carboxylic acids is 1. The molecule has 0 aliphatic carbocycles. The highest BCUT2D eigenvalue weighted by atomic mass is 32.2. The van der Waals surface area contributed by atoms with Crippen molar-refractivity contribution in [2.24, 2.45) is 0 Å². The fraction of sp³-hybridized carbons (Fsp3) is 0.409. The number of nitrogens with zero attached hydrogens (tertiary/aromatic N) is 3. The summed E-state index contributed by atoms with van der Waals surface area (Å²) in [6.45, 7) is 11.7. The summed E-state index contributed by atoms with van der Waals surface area (Å²) in [5.74, 6) is -0.479. The van der Waals surface area contributed by atoms with Crippen LogP contribution in [0.15, 0.2) is 47.6 Å². The number of nitrogens with one attached hydrogen (secondary N) is 2. The molecule has 1 amide bonds. The predicted octanol–water partition coefficient (Wildman–Crippen LogP) is 3.62. The number of amides is 1. The number of anilines is 1. The first-order valence-electron chi connectivity index (χ1n) is 10.2. The van der Waals surface area contributed by atoms with Crippen LogP contribution >= 0.6 is 0 Å². The Hall–Kier alpha value is -2.78. The average Bonchev–Trinajstić information content (AvgIpc) is 3.10. The molecule has 2 aromatic heterocycles. The Balaban J connectivity index is 1.70. The molecule has 2 N–H and O–H groups in total. The fourth-order valence-electron chi connectivity index (χ4n) is 3.13. The lowest BCUT2D eigenvalue weighted by molar-refractivity contribution is -0.117. The molecule has 0 bridgehead atoms. The normalized spacial score (nSPS) is 13.5. The van der Waals surface area contributed by atoms with Crippen LogP contribution in [0.5, 0.6) is 0 Å². The third kappa shape index (κ3) is 5.11. The van der Waals surface area contributed by atoms with E-state index in [2.05, 4.69) is 40.9 Å². The maximum Gasteiger partial charge on any atom is 0.242 e. The third-order valence-corrected chi connectivity index (χ3v) is 6.50. The first kappa shape index (κ1) is 22.9. The van der Waals surface area contributed by atoms with E-state index in [-0.39, 0.29) is 16.4 Å². The maximum atomic E-state index is 12.7. The maximum absolute atomic E-state index is 12.7. The Kier molecular flexibility index (Phi) is 6.20. The second-order valence-electron chi connectivity index (χ2n) is 8.93. The highest BCUT2D eigenvalue weighted by Gasteiger charge is 2.23. The second kappa shape index (κ2) is 8.39. The van der Waals surface area contributed by atoms with Gasteiger partial charge in [0.25, 0.3) is 0 Å². The van der Waals surface area contributed by atoms with Crippen molar-refractivity contribution in [1.29, 1.82) is 0 Å². The Bertz CT molecular complexity index is 1190. The fourth-order valence-corrected chi connectivity index (χ4v) is 4.33. The molecular formula is C22H29N5O3S. The van der Waals surface area contributed by atoms with Crippen LogP contribution in [0.4, 0.5) is 5.69 Å². The van der Waals surface area contributed by atoms with Crippen LogP contribution < -0.4 is 10.0 Å². The number of rotatable bonds is 6. The molecular weight excluding hydrogens is 414 g/mol. The largest absolute Gasteiger partial charge is 0.323 e. The monoisotopic (exact) mass is 443 g/mol. The number of hydrogen-bond acceptors (Lipinski definition) is 5. The van der Waals surface area contributed by atoms with Crippen LogP contribution in [0.3, 0.4) is 0 Å². The second-order valence-corrected chi connectivity index (χ2v) is 10.6. The van der Waals surface area contributed by atoms with Gasteiger partial charge in [-0.2, -0.15) is 9.82 Å². The summed E-state index contributed by atoms with van der Waals surface area (Å²) in [5, 5.41) is 7.80. The van der Waals surface area contributed by atoms with E-state index in [1.165, 1.54) is 13.1 Å². The quantitative estimate of drug-likeness (QED) is 0.605. The summed E-state index contributed by atoms with van der Waals surface area (Å²) in [4.78, 5) is 17.1. The van der Waals surface area contributed by atoms with E-state index in [0.29, 0.717) is 5.69 Å². The summed E-state index contributed by atoms with van der Waals surface area (Å²) in [6, 6.07) is 7.64. The summed E-state index contributed by atoms with van der Waals surface area (Å²) in [5.41, 5.74) is 2.15. The minimum Gasteiger partial charge on any atom is -0.323 e. The van der Waals surface area contributed by atoms with E-state index >= 15 is 0 Å². The van der Waals surface area contributed by atoms with Gasteiger partial charge in [0.1, 0.15) is 0 Å². The number of fused-ring (bicyclic) bond motifs is 1. The van der Waals surface area contributed by atoms with Gasteiger partial charge in [0.05, 0.1) is 29.0 Å². The van der Waals surface area contributed by atoms with Crippen LogP contribution in [0.1, 0.15) is 53.1 Å². The molecule has 1 atom stereocenters. The summed E-state index contributed by atoms with van der Waals surface area (Å²) in [7, 11) is -3.84. The van der Waals surface area contributed by atoms with Crippen molar-refractivity contribution in [1.82, 2.24) is 19.5 Å². The molecule has 3 aromatic rings. The summed E-state index contributed by atoms with van der Waals surface area (Å²) in [6.07, 6.45) is 3.22. The Morgan fingerprint density at radius 3 is 2.29 bits per heavy atom. The molecule has 0 radical (unpaired) electrons. The molecule has 0 unspecified atom stereocenters. The lowest BCUT2D eigenvalue weighted by Gasteiger charge is -2.19. The molecule has 2 heterocycles. The van der Waals surface area contributed by atoms with Gasteiger partial charge in [0.15, 0.2) is 5.65 Å². The van der Waals surface area contributed by atoms with Crippen molar-refractivity contribution in [2.45, 2.75) is 63.9 Å². The molecule has 0 spiro atoms. The van der Waals surface area contributed by atoms with E-state index in [9.17, 15) is 13.2 Å². The van der Waals surface area contributed by atoms with E-state index in [0.717, 1.165) is 16.6 Å². The highest BCUT2D eigenvalue weighted by molar-refractivity contribution is 7.89. The molecule has 0 saturated carbocycles. The molecule has 0 aliphatic rings. The van der Waals surface area contributed by atoms with Gasteiger partial charge in [-0.05, 0) is 49.9 Å². The molecule has 166 valence electrons. The van der Waals surface area contributed by atoms with Crippen LogP contribution in [-0.4, -0.2) is 35.1 Å². The molecule has 0 aliphatic heterocycles. The van der Waals surface area contributed by atoms with Crippen molar-refractivity contribution in [3.63, 3.8) is 0 Å². The van der Waals surface area contributed by atoms with Gasteiger partial charge >= 0.3 is 0 Å². The van der Waals surface area contributed by atoms with E-state index in [1.807, 2.05) is 13.8 Å². The van der Waals surface area contributed by atoms with Crippen molar-refractivity contribution in [2.75, 3.05) is 5.32 Å². The molecule has 3 rings (SSSR count). The van der Waals surface area contributed by atoms with Crippen LogP contribution in [0.25, 0.3) is 11.0 Å². The van der Waals surface area contributed by atoms with Gasteiger partial charge in [-0.15, -0.1) is 0 Å². The zero-order chi connectivity index (χ0) is 23.0. The van der Waals surface area contributed by atoms with E-state index < -0.39 is 22.0 Å². The third-order valence-electron chi connectivity index (χ3n) is 4.95. The number of pyridine rings is 1. The summed E-state index contributed by atoms with van der Waals surface area (Å²) < 4.78 is 29.6. The van der Waals surface area contributed by atoms with E-state index in [1.54, 1.807) is 41.2 Å². The molecule has 8 nitrogen and oxygen atoms in total. The van der Waals surface area contributed by atoms with Crippen LogP contribution in [0.2, 0.25) is 0 Å². The van der Waals surface area contributed by atoms with Crippen molar-refractivity contribution < 1.29 is 13.2 Å². The minimum absolute atomic E-state index is 0.0797. The molecule has 1 aromatic carbocycles. The SMILES string of the molecule is CC(C)n1ncc2cc(NC(=O)[C@@H](C)NS(=O)(=O)c3ccc(C(C)(C)C)cc3)cnc21. The van der Waals surface area contributed by atoms with Crippen molar-refractivity contribution in [3.8, 4) is 0 Å². The Morgan fingerprint density at radius 1 is 1.06 bits per heavy atom. The minimum atomic E-state index is -3.84. The van der Waals surface area contributed by atoms with Gasteiger partial charge in [-0.1, -0.05) is 32.9 Å². The zero-order valence-corrected chi connectivity index (χ0v) is 19.5. The number of aromatic nitrogens is 3. The standard InChI is InChI=1S/C22H29N5O3S/c1-14(2)27-20-16(12-24-27)11-18(13-23-20)25-21(28)15(3)26-31(29,30)19-9-7-17(8-10-19)22(4,5)6/h7-15,26H,1-6H3,(H,25,28)/t15-/m1/s1. The molecule has 31 heavy (non-hydrogen) atoms. The first-order valence-corrected chi connectivity index (χ1v) is 11.6. The number of sulfonamides is 1. The van der Waals surface area contributed by atoms with Gasteiger partial charge in [0.2, 0.25) is 15.9 Å². The lowest BCUT2D eigenvalue weighted by atomic mass is 9.87. The molecule has 9 heteroatoms. The van der Waals surface area contributed by atoms with Crippen molar-refractivity contribution >= 4 is 32.7 Å². The van der Waals surface area contributed by atoms with E-state index in [4.69, 9.17) is 0 Å². The Labute approximate surface area is 183 Å². The topological polar surface area (TPSA) is 106 Å². The number of carbonyl (C=O) groups is 1. The Morgan fingerprint density at radius 2 is 1.71 bits per heavy atom. The average molecular weight is 444 g/mol. The van der Waals surface area contributed by atoms with Gasteiger partial charge in [-0.3, -0.25) is 4.79 Å². The van der Waals surface area contributed by atoms with Crippen LogP contribution in [-0.2, 0) is 20.2 Å². The lowest BCUT2D eigenvalue weighted by Crippen LogP contribution is -2.41. The van der Waals surface area contributed by atoms with Crippen molar-refractivity contribution in [3.05, 3.63) is 48.3 Å². The number of hydrogen-bond donors (Lipinski definition) is 2. The molecule has 0 fully saturated rings. The molecule has 0 saturated heterocycles. The van der Waals surface area contributed by atoms with Gasteiger partial charge < -0.3 is 5.32 Å².